The third-order valence-electron chi connectivity index (χ3n) is 10.6. The number of hydrogen-bond donors (Lipinski definition) is 0. The van der Waals surface area contributed by atoms with Crippen LogP contribution in [0.2, 0.25) is 0 Å². The maximum Gasteiger partial charge on any atom is -1.00 e. The van der Waals surface area contributed by atoms with E-state index in [2.05, 4.69) is 144 Å². The summed E-state index contributed by atoms with van der Waals surface area (Å²) < 4.78 is 1.79. The largest absolute Gasteiger partial charge is 1.00 e. The fourth-order valence-corrected chi connectivity index (χ4v) is 8.00. The van der Waals surface area contributed by atoms with E-state index in [-0.39, 0.29) is 35.6 Å². The van der Waals surface area contributed by atoms with Crippen LogP contribution in [-0.2, 0) is 41.5 Å². The second-order valence-electron chi connectivity index (χ2n) is 16.8. The van der Waals surface area contributed by atoms with Gasteiger partial charge in [-0.2, -0.15) is 17.2 Å². The van der Waals surface area contributed by atoms with Gasteiger partial charge in [0, 0.05) is 0 Å². The van der Waals surface area contributed by atoms with Crippen LogP contribution in [0.4, 0.5) is 0 Å². The van der Waals surface area contributed by atoms with Gasteiger partial charge in [0.05, 0.1) is 0 Å². The Morgan fingerprint density at radius 3 is 1.84 bits per heavy atom. The molecule has 0 radical (unpaired) electrons. The van der Waals surface area contributed by atoms with Crippen molar-refractivity contribution in [1.29, 1.82) is 0 Å². The number of unbranched alkanes of at least 4 members (excludes halogenated alkanes) is 2. The first-order valence-electron chi connectivity index (χ1n) is 18.4. The summed E-state index contributed by atoms with van der Waals surface area (Å²) in [6, 6.07) is 9.95. The summed E-state index contributed by atoms with van der Waals surface area (Å²) in [5.41, 5.74) is 16.7. The van der Waals surface area contributed by atoms with Gasteiger partial charge >= 0.3 is 79.8 Å². The van der Waals surface area contributed by atoms with Crippen LogP contribution < -0.4 is 24.8 Å². The molecule has 0 heterocycles. The van der Waals surface area contributed by atoms with Gasteiger partial charge in [0.25, 0.3) is 0 Å². The van der Waals surface area contributed by atoms with Crippen molar-refractivity contribution < 1.29 is 49.0 Å². The van der Waals surface area contributed by atoms with Crippen LogP contribution >= 0.6 is 0 Å². The van der Waals surface area contributed by atoms with Crippen LogP contribution in [0.15, 0.2) is 54.1 Å². The Morgan fingerprint density at radius 1 is 0.837 bits per heavy atom. The molecule has 1 atom stereocenters. The van der Waals surface area contributed by atoms with Gasteiger partial charge in [0.15, 0.2) is 0 Å². The molecule has 4 aliphatic carbocycles. The predicted molar refractivity (Wildman–Crippen MR) is 206 cm³/mol. The Hall–Kier alpha value is -1.40. The summed E-state index contributed by atoms with van der Waals surface area (Å²) in [5, 5.41) is 0. The Balaban J connectivity index is 0.000000316. The quantitative estimate of drug-likeness (QED) is 0.231. The van der Waals surface area contributed by atoms with Crippen molar-refractivity contribution in [2.45, 2.75) is 145 Å². The van der Waals surface area contributed by atoms with Crippen molar-refractivity contribution in [3.8, 4) is 11.1 Å². The molecule has 0 amide bonds. The van der Waals surface area contributed by atoms with Gasteiger partial charge in [-0.3, -0.25) is 6.08 Å². The Morgan fingerprint density at radius 2 is 1.37 bits per heavy atom. The molecule has 3 heteroatoms. The van der Waals surface area contributed by atoms with E-state index in [0.29, 0.717) is 11.3 Å². The number of rotatable bonds is 6. The molecule has 0 N–H and O–H groups in total. The molecule has 266 valence electrons. The summed E-state index contributed by atoms with van der Waals surface area (Å²) in [6.07, 6.45) is 25.2. The van der Waals surface area contributed by atoms with Gasteiger partial charge < -0.3 is 24.8 Å². The van der Waals surface area contributed by atoms with Crippen molar-refractivity contribution in [3.05, 3.63) is 100 Å². The van der Waals surface area contributed by atoms with Crippen molar-refractivity contribution in [3.63, 3.8) is 0 Å². The van der Waals surface area contributed by atoms with Crippen molar-refractivity contribution >= 4 is 14.4 Å². The first-order chi connectivity index (χ1) is 22.0. The van der Waals surface area contributed by atoms with Gasteiger partial charge in [-0.05, 0) is 70.2 Å². The van der Waals surface area contributed by atoms with E-state index >= 15 is 0 Å². The minimum Gasteiger partial charge on any atom is -1.00 e. The van der Waals surface area contributed by atoms with Crippen molar-refractivity contribution in [1.82, 2.24) is 0 Å². The molecule has 1 unspecified atom stereocenters. The van der Waals surface area contributed by atoms with Gasteiger partial charge in [-0.25, -0.2) is 18.6 Å². The molecule has 0 aromatic heterocycles. The van der Waals surface area contributed by atoms with Gasteiger partial charge in [-0.15, -0.1) is 12.5 Å². The van der Waals surface area contributed by atoms with Crippen LogP contribution in [-0.4, -0.2) is 3.21 Å². The normalized spacial score (nSPS) is 18.5. The minimum atomic E-state index is 0. The average molecular weight is 777 g/mol. The molecule has 4 aliphatic rings. The van der Waals surface area contributed by atoms with Gasteiger partial charge in [0.1, 0.15) is 0 Å². The average Bonchev–Trinajstić information content (AvgIpc) is 3.61. The van der Waals surface area contributed by atoms with Crippen LogP contribution in [0.3, 0.4) is 0 Å². The summed E-state index contributed by atoms with van der Waals surface area (Å²) in [4.78, 5) is 0. The molecule has 49 heavy (non-hydrogen) atoms. The summed E-state index contributed by atoms with van der Waals surface area (Å²) in [6.45, 7) is 27.3. The summed E-state index contributed by atoms with van der Waals surface area (Å²) in [7, 11) is 0. The van der Waals surface area contributed by atoms with E-state index in [0.717, 1.165) is 12.8 Å². The van der Waals surface area contributed by atoms with E-state index in [4.69, 9.17) is 0 Å². The molecular weight excluding hydrogens is 715 g/mol. The van der Waals surface area contributed by atoms with Crippen LogP contribution in [0.5, 0.6) is 0 Å². The number of allylic oxidation sites excluding steroid dienone is 8. The van der Waals surface area contributed by atoms with Gasteiger partial charge in [0.2, 0.25) is 0 Å². The maximum absolute atomic E-state index is 3.26. The van der Waals surface area contributed by atoms with Crippen molar-refractivity contribution in [2.24, 2.45) is 11.3 Å². The molecule has 0 saturated heterocycles. The molecule has 0 nitrogen and oxygen atoms in total. The van der Waals surface area contributed by atoms with E-state index in [9.17, 15) is 0 Å². The zero-order valence-electron chi connectivity index (χ0n) is 32.7. The molecule has 6 rings (SSSR count). The molecule has 0 bridgehead atoms. The number of hydrogen-bond acceptors (Lipinski definition) is 0. The smallest absolute Gasteiger partial charge is 1.00 e. The van der Waals surface area contributed by atoms with Crippen molar-refractivity contribution in [2.75, 3.05) is 0 Å². The topological polar surface area (TPSA) is 0 Å². The predicted octanol–water partition coefficient (Wildman–Crippen LogP) is 7.30. The molecule has 2 aromatic carbocycles. The monoisotopic (exact) mass is 774 g/mol. The number of halogens is 2. The third-order valence-corrected chi connectivity index (χ3v) is 11.8. The van der Waals surface area contributed by atoms with Crippen LogP contribution in [0, 0.1) is 23.8 Å². The third kappa shape index (κ3) is 10.6. The van der Waals surface area contributed by atoms with E-state index in [1.807, 2.05) is 0 Å². The van der Waals surface area contributed by atoms with Gasteiger partial charge in [-0.1, -0.05) is 102 Å². The Bertz CT molecular complexity index is 1510. The standard InChI is InChI=1S/C27H29.C10H15.C9H18.2ClH.Zr/c1-16-7-9-26(3,4)24-12-18-11-19-13-25-21(17(2)8-10-27(25,5)6)15-23(19)22(18)14-20(16)24;1-8-5-6-9(7-8)10(2,3)4;1-3-5-7-9-8-6-4-2;;;/h7-9,12-15H,10-11H2,1-6H3;6-8H,1-4H3;3-8H2,1-2H3;2*1H;/q2*-1;;;;+2/p-2. The van der Waals surface area contributed by atoms with Crippen LogP contribution in [0.1, 0.15) is 161 Å². The second-order valence-corrected chi connectivity index (χ2v) is 18.5. The zero-order chi connectivity index (χ0) is 34.7. The SMILES string of the molecule is CC1=C[CH-]C(C)(C)c2cc3c(cc21)-c1cc2c(cc1C3)C(C)(C)CC=C2C.CC1[C-]=CC(C(C)(C)C)=C1.CCCC[C](=[Zr+2])CCCC.[Cl-].[Cl-]. The zero-order valence-corrected chi connectivity index (χ0v) is 36.7. The number of fused-ring (bicyclic) bond motifs is 5. The summed E-state index contributed by atoms with van der Waals surface area (Å²) >= 11 is 1.67. The molecule has 0 aliphatic heterocycles. The van der Waals surface area contributed by atoms with E-state index < -0.39 is 0 Å². The summed E-state index contributed by atoms with van der Waals surface area (Å²) in [5.74, 6) is 0.522. The van der Waals surface area contributed by atoms with E-state index in [1.165, 1.54) is 99.8 Å². The Labute approximate surface area is 328 Å². The minimum absolute atomic E-state index is 0. The molecule has 0 spiro atoms. The van der Waals surface area contributed by atoms with E-state index in [1.54, 1.807) is 27.4 Å². The van der Waals surface area contributed by atoms with Crippen LogP contribution in [0.25, 0.3) is 22.3 Å². The fraction of sp³-hybridized carbons (Fsp3) is 0.522. The fourth-order valence-electron chi connectivity index (χ4n) is 7.13. The number of benzene rings is 2. The maximum atomic E-state index is 3.26. The molecule has 0 saturated carbocycles. The first-order valence-corrected chi connectivity index (χ1v) is 19.6. The second kappa shape index (κ2) is 17.9. The molecule has 2 aromatic rings. The first kappa shape index (κ1) is 43.8. The molecular formula is C46H62Cl2Zr-2. The molecule has 0 fully saturated rings. The Kier molecular flexibility index (Phi) is 16.0.